The Bertz CT molecular complexity index is 819. The van der Waals surface area contributed by atoms with Gasteiger partial charge in [0.2, 0.25) is 0 Å². The fraction of sp³-hybridized carbons (Fsp3) is 0.294. The summed E-state index contributed by atoms with van der Waals surface area (Å²) in [4.78, 5) is -0.832. The Labute approximate surface area is 144 Å². The first kappa shape index (κ1) is 19.3. The van der Waals surface area contributed by atoms with Crippen LogP contribution in [0, 0.1) is 0 Å². The van der Waals surface area contributed by atoms with Gasteiger partial charge in [-0.25, -0.2) is 8.42 Å². The van der Waals surface area contributed by atoms with Crippen LogP contribution in [0.4, 0.5) is 18.9 Å². The molecule has 0 radical (unpaired) electrons. The first-order chi connectivity index (χ1) is 11.6. The van der Waals surface area contributed by atoms with Gasteiger partial charge in [-0.2, -0.15) is 13.2 Å². The van der Waals surface area contributed by atoms with Gasteiger partial charge in [0, 0.05) is 6.54 Å². The second-order valence-electron chi connectivity index (χ2n) is 5.76. The first-order valence-electron chi connectivity index (χ1n) is 7.48. The largest absolute Gasteiger partial charge is 0.501 e. The van der Waals surface area contributed by atoms with Gasteiger partial charge in [-0.15, -0.1) is 0 Å². The molecule has 2 rings (SSSR count). The topological polar surface area (TPSA) is 66.4 Å². The molecule has 0 fully saturated rings. The van der Waals surface area contributed by atoms with E-state index in [1.807, 2.05) is 0 Å². The van der Waals surface area contributed by atoms with E-state index in [1.165, 1.54) is 18.2 Å². The molecule has 0 aliphatic rings. The zero-order chi connectivity index (χ0) is 18.7. The molecule has 0 aliphatic carbocycles. The van der Waals surface area contributed by atoms with Gasteiger partial charge in [0.25, 0.3) is 9.84 Å². The lowest BCUT2D eigenvalue weighted by Gasteiger charge is -2.24. The highest BCUT2D eigenvalue weighted by Gasteiger charge is 2.47. The minimum atomic E-state index is -5.45. The average molecular weight is 373 g/mol. The van der Waals surface area contributed by atoms with E-state index in [0.717, 1.165) is 6.07 Å². The molecule has 1 unspecified atom stereocenters. The monoisotopic (exact) mass is 373 g/mol. The third-order valence-electron chi connectivity index (χ3n) is 3.80. The number of hydrogen-bond donors (Lipinski definition) is 2. The van der Waals surface area contributed by atoms with E-state index < -0.39 is 25.8 Å². The van der Waals surface area contributed by atoms with Crippen LogP contribution in [0.2, 0.25) is 0 Å². The molecular formula is C17H18F3NO3S. The second kappa shape index (κ2) is 7.05. The molecule has 2 N–H and O–H groups in total. The van der Waals surface area contributed by atoms with Crippen molar-refractivity contribution < 1.29 is 26.7 Å². The van der Waals surface area contributed by atoms with Crippen molar-refractivity contribution in [1.82, 2.24) is 0 Å². The van der Waals surface area contributed by atoms with Crippen LogP contribution in [0.25, 0.3) is 0 Å². The van der Waals surface area contributed by atoms with E-state index in [2.05, 4.69) is 5.32 Å². The van der Waals surface area contributed by atoms with Crippen molar-refractivity contribution >= 4 is 15.5 Å². The van der Waals surface area contributed by atoms with Crippen molar-refractivity contribution in [3.05, 3.63) is 60.2 Å². The molecule has 2 aromatic rings. The number of alkyl halides is 3. The van der Waals surface area contributed by atoms with Crippen LogP contribution < -0.4 is 5.32 Å². The number of nitrogens with one attached hydrogen (secondary N) is 1. The highest BCUT2D eigenvalue weighted by atomic mass is 32.2. The second-order valence-corrected chi connectivity index (χ2v) is 7.67. The van der Waals surface area contributed by atoms with E-state index in [9.17, 15) is 26.7 Å². The maximum absolute atomic E-state index is 12.8. The van der Waals surface area contributed by atoms with Crippen LogP contribution in [0.5, 0.6) is 0 Å². The van der Waals surface area contributed by atoms with Gasteiger partial charge in [-0.1, -0.05) is 42.5 Å². The van der Waals surface area contributed by atoms with Crippen LogP contribution in [0.1, 0.15) is 18.9 Å². The molecule has 2 aromatic carbocycles. The smallest absolute Gasteiger partial charge is 0.385 e. The van der Waals surface area contributed by atoms with Gasteiger partial charge < -0.3 is 10.4 Å². The summed E-state index contributed by atoms with van der Waals surface area (Å²) in [7, 11) is -5.45. The van der Waals surface area contributed by atoms with Crippen molar-refractivity contribution in [3.63, 3.8) is 0 Å². The fourth-order valence-corrected chi connectivity index (χ4v) is 3.29. The zero-order valence-corrected chi connectivity index (χ0v) is 14.2. The van der Waals surface area contributed by atoms with Crippen molar-refractivity contribution in [3.8, 4) is 0 Å². The Hall–Kier alpha value is -2.06. The van der Waals surface area contributed by atoms with Crippen LogP contribution in [-0.2, 0) is 15.4 Å². The standard InChI is InChI=1S/C17H18F3NO3S/c1-16(22,13-7-3-2-4-8-13)11-12-21-14-9-5-6-10-15(14)25(23,24)17(18,19)20/h2-10,21-22H,11-12H2,1H3. The Balaban J connectivity index is 2.15. The molecule has 1 atom stereocenters. The third-order valence-corrected chi connectivity index (χ3v) is 5.35. The highest BCUT2D eigenvalue weighted by molar-refractivity contribution is 7.92. The van der Waals surface area contributed by atoms with E-state index in [0.29, 0.717) is 5.56 Å². The Morgan fingerprint density at radius 1 is 1.00 bits per heavy atom. The number of para-hydroxylation sites is 1. The highest BCUT2D eigenvalue weighted by Crippen LogP contribution is 2.34. The molecule has 0 saturated heterocycles. The van der Waals surface area contributed by atoms with Crippen LogP contribution >= 0.6 is 0 Å². The van der Waals surface area contributed by atoms with Crippen LogP contribution in [0.3, 0.4) is 0 Å². The molecule has 25 heavy (non-hydrogen) atoms. The molecule has 0 aromatic heterocycles. The number of hydrogen-bond acceptors (Lipinski definition) is 4. The van der Waals surface area contributed by atoms with Gasteiger partial charge in [0.15, 0.2) is 0 Å². The van der Waals surface area contributed by atoms with E-state index >= 15 is 0 Å². The van der Waals surface area contributed by atoms with Gasteiger partial charge in [-0.05, 0) is 31.0 Å². The number of rotatable bonds is 6. The lowest BCUT2D eigenvalue weighted by Crippen LogP contribution is -2.26. The summed E-state index contributed by atoms with van der Waals surface area (Å²) < 4.78 is 61.6. The minimum absolute atomic E-state index is 0.0896. The maximum Gasteiger partial charge on any atom is 0.501 e. The van der Waals surface area contributed by atoms with E-state index in [1.54, 1.807) is 37.3 Å². The Kier molecular flexibility index (Phi) is 5.43. The van der Waals surface area contributed by atoms with Crippen LogP contribution in [-0.4, -0.2) is 25.6 Å². The number of sulfone groups is 1. The SMILES string of the molecule is CC(O)(CCNc1ccccc1S(=O)(=O)C(F)(F)F)c1ccccc1. The van der Waals surface area contributed by atoms with Crippen LogP contribution in [0.15, 0.2) is 59.5 Å². The van der Waals surface area contributed by atoms with Gasteiger partial charge in [0.1, 0.15) is 0 Å². The molecule has 0 aliphatic heterocycles. The Morgan fingerprint density at radius 3 is 2.16 bits per heavy atom. The molecular weight excluding hydrogens is 355 g/mol. The quantitative estimate of drug-likeness (QED) is 0.811. The first-order valence-corrected chi connectivity index (χ1v) is 8.96. The molecule has 4 nitrogen and oxygen atoms in total. The third kappa shape index (κ3) is 4.32. The number of halogens is 3. The summed E-state index contributed by atoms with van der Waals surface area (Å²) in [5, 5.41) is 13.2. The van der Waals surface area contributed by atoms with Gasteiger partial charge >= 0.3 is 5.51 Å². The van der Waals surface area contributed by atoms with E-state index in [-0.39, 0.29) is 18.7 Å². The molecule has 8 heteroatoms. The molecule has 0 bridgehead atoms. The summed E-state index contributed by atoms with van der Waals surface area (Å²) in [5.74, 6) is 0. The fourth-order valence-electron chi connectivity index (χ4n) is 2.35. The number of aliphatic hydroxyl groups is 1. The van der Waals surface area contributed by atoms with Gasteiger partial charge in [0.05, 0.1) is 16.2 Å². The lowest BCUT2D eigenvalue weighted by atomic mass is 9.92. The van der Waals surface area contributed by atoms with Crippen molar-refractivity contribution in [2.75, 3.05) is 11.9 Å². The predicted molar refractivity (Wildman–Crippen MR) is 88.8 cm³/mol. The molecule has 136 valence electrons. The normalized spacial score (nSPS) is 14.8. The average Bonchev–Trinajstić information content (AvgIpc) is 2.55. The minimum Gasteiger partial charge on any atom is -0.385 e. The maximum atomic E-state index is 12.8. The number of anilines is 1. The summed E-state index contributed by atoms with van der Waals surface area (Å²) in [6.45, 7) is 1.68. The summed E-state index contributed by atoms with van der Waals surface area (Å²) in [6.07, 6.45) is 0.178. The summed E-state index contributed by atoms with van der Waals surface area (Å²) >= 11 is 0. The summed E-state index contributed by atoms with van der Waals surface area (Å²) in [5.41, 5.74) is -6.07. The molecule has 0 heterocycles. The van der Waals surface area contributed by atoms with E-state index in [4.69, 9.17) is 0 Å². The number of benzene rings is 2. The van der Waals surface area contributed by atoms with Crippen molar-refractivity contribution in [1.29, 1.82) is 0 Å². The zero-order valence-electron chi connectivity index (χ0n) is 13.4. The van der Waals surface area contributed by atoms with Gasteiger partial charge in [-0.3, -0.25) is 0 Å². The lowest BCUT2D eigenvalue weighted by molar-refractivity contribution is -0.0435. The Morgan fingerprint density at radius 2 is 1.56 bits per heavy atom. The molecule has 0 amide bonds. The van der Waals surface area contributed by atoms with Crippen molar-refractivity contribution in [2.24, 2.45) is 0 Å². The molecule has 0 spiro atoms. The molecule has 0 saturated carbocycles. The van der Waals surface area contributed by atoms with Crippen molar-refractivity contribution in [2.45, 2.75) is 29.3 Å². The predicted octanol–water partition coefficient (Wildman–Crippen LogP) is 3.69. The summed E-state index contributed by atoms with van der Waals surface area (Å²) in [6, 6.07) is 13.6.